The first-order valence-corrected chi connectivity index (χ1v) is 8.12. The van der Waals surface area contributed by atoms with E-state index in [1.165, 1.54) is 17.3 Å². The summed E-state index contributed by atoms with van der Waals surface area (Å²) in [5.74, 6) is -0.251. The van der Waals surface area contributed by atoms with Gasteiger partial charge >= 0.3 is 0 Å². The van der Waals surface area contributed by atoms with Gasteiger partial charge in [-0.3, -0.25) is 4.79 Å². The number of nitrogens with zero attached hydrogens (tertiary/aromatic N) is 2. The van der Waals surface area contributed by atoms with Gasteiger partial charge in [-0.2, -0.15) is 0 Å². The third-order valence-electron chi connectivity index (χ3n) is 2.74. The molecule has 0 unspecified atom stereocenters. The van der Waals surface area contributed by atoms with E-state index in [1.54, 1.807) is 6.20 Å². The van der Waals surface area contributed by atoms with Crippen molar-refractivity contribution in [3.8, 4) is 0 Å². The minimum absolute atomic E-state index is 0.251. The zero-order valence-corrected chi connectivity index (χ0v) is 13.6. The number of hydrogen-bond donors (Lipinski definition) is 1. The maximum atomic E-state index is 12.2. The monoisotopic (exact) mass is 351 g/mol. The Bertz CT molecular complexity index is 616. The van der Waals surface area contributed by atoms with Crippen molar-refractivity contribution in [2.45, 2.75) is 18.5 Å². The van der Waals surface area contributed by atoms with Crippen molar-refractivity contribution < 1.29 is 4.79 Å². The van der Waals surface area contributed by atoms with Crippen LogP contribution in [0.4, 0.5) is 5.69 Å². The van der Waals surface area contributed by atoms with Gasteiger partial charge < -0.3 is 5.32 Å². The molecule has 0 atom stereocenters. The molecule has 0 aliphatic heterocycles. The molecule has 0 bridgehead atoms. The van der Waals surface area contributed by atoms with E-state index in [2.05, 4.69) is 38.1 Å². The summed E-state index contributed by atoms with van der Waals surface area (Å²) in [6, 6.07) is 7.78. The van der Waals surface area contributed by atoms with Crippen molar-refractivity contribution in [2.75, 3.05) is 11.6 Å². The molecule has 1 aromatic carbocycles. The van der Waals surface area contributed by atoms with Crippen LogP contribution in [0.1, 0.15) is 23.0 Å². The fourth-order valence-electron chi connectivity index (χ4n) is 1.62. The average Bonchev–Trinajstić information content (AvgIpc) is 2.48. The summed E-state index contributed by atoms with van der Waals surface area (Å²) in [5, 5.41) is 3.40. The van der Waals surface area contributed by atoms with Crippen LogP contribution in [0, 0.1) is 0 Å². The highest BCUT2D eigenvalue weighted by molar-refractivity contribution is 9.10. The van der Waals surface area contributed by atoms with Crippen LogP contribution in [0.5, 0.6) is 0 Å². The summed E-state index contributed by atoms with van der Waals surface area (Å²) < 4.78 is 0.581. The second-order valence-corrected chi connectivity index (χ2v) is 5.69. The van der Waals surface area contributed by atoms with Crippen molar-refractivity contribution in [1.82, 2.24) is 9.97 Å². The van der Waals surface area contributed by atoms with Crippen LogP contribution >= 0.6 is 27.7 Å². The highest BCUT2D eigenvalue weighted by atomic mass is 79.9. The van der Waals surface area contributed by atoms with Crippen LogP contribution in [-0.4, -0.2) is 22.1 Å². The minimum atomic E-state index is -0.251. The largest absolute Gasteiger partial charge is 0.321 e. The van der Waals surface area contributed by atoms with E-state index in [4.69, 9.17) is 0 Å². The van der Waals surface area contributed by atoms with Crippen LogP contribution in [0.2, 0.25) is 0 Å². The molecular formula is C14H14BrN3OS. The second-order valence-electron chi connectivity index (χ2n) is 4.06. The van der Waals surface area contributed by atoms with Crippen LogP contribution in [0.15, 0.2) is 40.1 Å². The quantitative estimate of drug-likeness (QED) is 0.672. The van der Waals surface area contributed by atoms with Gasteiger partial charge in [-0.15, -0.1) is 0 Å². The molecule has 104 valence electrons. The summed E-state index contributed by atoms with van der Waals surface area (Å²) in [6.45, 7) is 2.09. The third-order valence-corrected chi connectivity index (χ3v) is 3.88. The standard InChI is InChI=1S/C14H14BrN3OS/c1-3-9-4-6-10(7-5-9)17-13(19)12-11(15)8-16-14(18-12)20-2/h4-8H,3H2,1-2H3,(H,17,19). The number of nitrogens with one attached hydrogen (secondary N) is 1. The Hall–Kier alpha value is -1.40. The number of carbonyl (C=O) groups excluding carboxylic acids is 1. The van der Waals surface area contributed by atoms with Gasteiger partial charge in [0.15, 0.2) is 5.16 Å². The summed E-state index contributed by atoms with van der Waals surface area (Å²) >= 11 is 4.70. The molecule has 2 rings (SSSR count). The molecule has 2 aromatic rings. The normalized spacial score (nSPS) is 10.3. The smallest absolute Gasteiger partial charge is 0.275 e. The van der Waals surface area contributed by atoms with Gasteiger partial charge in [0.25, 0.3) is 5.91 Å². The van der Waals surface area contributed by atoms with E-state index in [0.717, 1.165) is 12.1 Å². The van der Waals surface area contributed by atoms with Crippen molar-refractivity contribution in [1.29, 1.82) is 0 Å². The molecule has 0 aliphatic carbocycles. The maximum Gasteiger partial charge on any atom is 0.275 e. The van der Waals surface area contributed by atoms with E-state index in [1.807, 2.05) is 30.5 Å². The highest BCUT2D eigenvalue weighted by Gasteiger charge is 2.13. The first kappa shape index (κ1) is 15.0. The summed E-state index contributed by atoms with van der Waals surface area (Å²) in [6.07, 6.45) is 4.44. The molecule has 1 aromatic heterocycles. The number of aryl methyl sites for hydroxylation is 1. The SMILES string of the molecule is CCc1ccc(NC(=O)c2nc(SC)ncc2Br)cc1. The first-order chi connectivity index (χ1) is 9.63. The number of anilines is 1. The molecule has 0 aliphatic rings. The van der Waals surface area contributed by atoms with Gasteiger partial charge in [-0.05, 0) is 46.3 Å². The lowest BCUT2D eigenvalue weighted by Gasteiger charge is -2.07. The van der Waals surface area contributed by atoms with Crippen molar-refractivity contribution in [2.24, 2.45) is 0 Å². The number of hydrogen-bond acceptors (Lipinski definition) is 4. The number of rotatable bonds is 4. The van der Waals surface area contributed by atoms with Crippen molar-refractivity contribution >= 4 is 39.3 Å². The second kappa shape index (κ2) is 6.85. The summed E-state index contributed by atoms with van der Waals surface area (Å²) in [4.78, 5) is 20.5. The van der Waals surface area contributed by atoms with Gasteiger partial charge in [-0.1, -0.05) is 30.8 Å². The maximum absolute atomic E-state index is 12.2. The molecule has 0 saturated carbocycles. The van der Waals surface area contributed by atoms with Crippen LogP contribution < -0.4 is 5.32 Å². The lowest BCUT2D eigenvalue weighted by atomic mass is 10.1. The van der Waals surface area contributed by atoms with E-state index in [9.17, 15) is 4.79 Å². The Kier molecular flexibility index (Phi) is 5.14. The van der Waals surface area contributed by atoms with Gasteiger partial charge in [0.2, 0.25) is 0 Å². The minimum Gasteiger partial charge on any atom is -0.321 e. The highest BCUT2D eigenvalue weighted by Crippen LogP contribution is 2.19. The molecule has 1 heterocycles. The number of thioether (sulfide) groups is 1. The third kappa shape index (κ3) is 3.58. The van der Waals surface area contributed by atoms with E-state index >= 15 is 0 Å². The lowest BCUT2D eigenvalue weighted by molar-refractivity contribution is 0.102. The molecule has 1 amide bonds. The predicted molar refractivity (Wildman–Crippen MR) is 85.3 cm³/mol. The Morgan fingerprint density at radius 2 is 2.05 bits per heavy atom. The Labute approximate surface area is 130 Å². The van der Waals surface area contributed by atoms with Crippen molar-refractivity contribution in [3.63, 3.8) is 0 Å². The molecule has 1 N–H and O–H groups in total. The van der Waals surface area contributed by atoms with E-state index in [-0.39, 0.29) is 5.91 Å². The van der Waals surface area contributed by atoms with E-state index in [0.29, 0.717) is 15.3 Å². The molecule has 0 saturated heterocycles. The topological polar surface area (TPSA) is 54.9 Å². The van der Waals surface area contributed by atoms with Gasteiger partial charge in [0.1, 0.15) is 5.69 Å². The van der Waals surface area contributed by atoms with E-state index < -0.39 is 0 Å². The van der Waals surface area contributed by atoms with Gasteiger partial charge in [-0.25, -0.2) is 9.97 Å². The fraction of sp³-hybridized carbons (Fsp3) is 0.214. The molecule has 4 nitrogen and oxygen atoms in total. The zero-order valence-electron chi connectivity index (χ0n) is 11.2. The Balaban J connectivity index is 2.18. The Morgan fingerprint density at radius 3 is 2.65 bits per heavy atom. The molecular weight excluding hydrogens is 338 g/mol. The molecule has 0 radical (unpaired) electrons. The lowest BCUT2D eigenvalue weighted by Crippen LogP contribution is -2.15. The van der Waals surface area contributed by atoms with Crippen LogP contribution in [0.3, 0.4) is 0 Å². The number of benzene rings is 1. The van der Waals surface area contributed by atoms with Crippen LogP contribution in [0.25, 0.3) is 0 Å². The van der Waals surface area contributed by atoms with Crippen molar-refractivity contribution in [3.05, 3.63) is 46.2 Å². The fourth-order valence-corrected chi connectivity index (χ4v) is 2.33. The predicted octanol–water partition coefficient (Wildman–Crippen LogP) is 3.78. The first-order valence-electron chi connectivity index (χ1n) is 6.11. The molecule has 0 fully saturated rings. The van der Waals surface area contributed by atoms with Crippen LogP contribution in [-0.2, 0) is 6.42 Å². The number of halogens is 1. The number of aromatic nitrogens is 2. The van der Waals surface area contributed by atoms with Gasteiger partial charge in [0, 0.05) is 11.9 Å². The number of amides is 1. The van der Waals surface area contributed by atoms with Gasteiger partial charge in [0.05, 0.1) is 4.47 Å². The number of carbonyl (C=O) groups is 1. The zero-order chi connectivity index (χ0) is 14.5. The Morgan fingerprint density at radius 1 is 1.35 bits per heavy atom. The summed E-state index contributed by atoms with van der Waals surface area (Å²) in [5.41, 5.74) is 2.32. The average molecular weight is 352 g/mol. The molecule has 20 heavy (non-hydrogen) atoms. The molecule has 6 heteroatoms. The summed E-state index contributed by atoms with van der Waals surface area (Å²) in [7, 11) is 0. The molecule has 0 spiro atoms.